The van der Waals surface area contributed by atoms with Gasteiger partial charge in [-0.05, 0) is 12.1 Å². The first-order valence-electron chi connectivity index (χ1n) is 8.58. The van der Waals surface area contributed by atoms with Crippen molar-refractivity contribution in [2.75, 3.05) is 36.0 Å². The van der Waals surface area contributed by atoms with Gasteiger partial charge in [-0.15, -0.1) is 0 Å². The third kappa shape index (κ3) is 2.38. The Morgan fingerprint density at radius 1 is 0.880 bits per heavy atom. The minimum Gasteiger partial charge on any atom is -0.350 e. The molecule has 0 unspecified atom stereocenters. The molecule has 1 saturated heterocycles. The highest BCUT2D eigenvalue weighted by atomic mass is 15.3. The summed E-state index contributed by atoms with van der Waals surface area (Å²) in [5.41, 5.74) is 3.14. The molecule has 4 heterocycles. The van der Waals surface area contributed by atoms with E-state index in [4.69, 9.17) is 0 Å². The number of piperazine rings is 1. The van der Waals surface area contributed by atoms with Crippen molar-refractivity contribution in [3.05, 3.63) is 55.0 Å². The quantitative estimate of drug-likeness (QED) is 0.612. The minimum absolute atomic E-state index is 0.935. The van der Waals surface area contributed by atoms with Crippen LogP contribution in [0.2, 0.25) is 0 Å². The number of nitrogens with zero attached hydrogens (tertiary/aromatic N) is 4. The molecular formula is C19H19N6+. The molecule has 124 valence electrons. The van der Waals surface area contributed by atoms with Gasteiger partial charge in [0.25, 0.3) is 5.82 Å². The van der Waals surface area contributed by atoms with Crippen molar-refractivity contribution in [3.63, 3.8) is 0 Å². The molecule has 0 bridgehead atoms. The Kier molecular flexibility index (Phi) is 3.26. The number of hydrogen-bond donors (Lipinski definition) is 1. The van der Waals surface area contributed by atoms with Crippen LogP contribution in [0.1, 0.15) is 0 Å². The fraction of sp³-hybridized carbons (Fsp3) is 0.211. The van der Waals surface area contributed by atoms with Crippen LogP contribution in [-0.4, -0.2) is 41.1 Å². The topological polar surface area (TPSA) is 62.2 Å². The van der Waals surface area contributed by atoms with Crippen LogP contribution in [0.3, 0.4) is 0 Å². The van der Waals surface area contributed by atoms with Gasteiger partial charge in [-0.3, -0.25) is 4.90 Å². The lowest BCUT2D eigenvalue weighted by Crippen LogP contribution is -2.48. The summed E-state index contributed by atoms with van der Waals surface area (Å²) in [6.07, 6.45) is 3.65. The molecular weight excluding hydrogens is 312 g/mol. The number of anilines is 2. The number of aromatic nitrogens is 4. The van der Waals surface area contributed by atoms with Gasteiger partial charge < -0.3 is 9.88 Å². The summed E-state index contributed by atoms with van der Waals surface area (Å²) in [5, 5.41) is 1.15. The van der Waals surface area contributed by atoms with E-state index >= 15 is 0 Å². The maximum absolute atomic E-state index is 4.58. The zero-order valence-corrected chi connectivity index (χ0v) is 13.8. The number of benzene rings is 1. The second-order valence-electron chi connectivity index (χ2n) is 6.31. The molecule has 0 spiro atoms. The van der Waals surface area contributed by atoms with E-state index in [9.17, 15) is 0 Å². The Labute approximate surface area is 145 Å². The highest BCUT2D eigenvalue weighted by Gasteiger charge is 2.25. The van der Waals surface area contributed by atoms with Crippen LogP contribution in [0, 0.1) is 0 Å². The zero-order chi connectivity index (χ0) is 16.6. The molecule has 0 saturated carbocycles. The Balaban J connectivity index is 1.46. The summed E-state index contributed by atoms with van der Waals surface area (Å²) in [6, 6.07) is 14.5. The van der Waals surface area contributed by atoms with E-state index in [2.05, 4.69) is 54.0 Å². The van der Waals surface area contributed by atoms with Gasteiger partial charge in [0.2, 0.25) is 0 Å². The number of para-hydroxylation sites is 1. The summed E-state index contributed by atoms with van der Waals surface area (Å²) in [4.78, 5) is 20.6. The van der Waals surface area contributed by atoms with E-state index in [1.807, 2.05) is 24.4 Å². The molecule has 0 atom stereocenters. The number of rotatable bonds is 2. The van der Waals surface area contributed by atoms with Gasteiger partial charge in [0, 0.05) is 17.0 Å². The highest BCUT2D eigenvalue weighted by molar-refractivity contribution is 6.08. The molecule has 6 nitrogen and oxygen atoms in total. The first-order valence-corrected chi connectivity index (χ1v) is 8.58. The van der Waals surface area contributed by atoms with Crippen molar-refractivity contribution in [2.24, 2.45) is 0 Å². The molecule has 2 N–H and O–H groups in total. The van der Waals surface area contributed by atoms with Crippen molar-refractivity contribution in [2.45, 2.75) is 0 Å². The molecule has 0 amide bonds. The standard InChI is InChI=1S/C19H18N6/c1-2-6-15-14(5-1)17-18(23-15)19(22-13-21-17)25-11-9-24(10-12-25)16-7-3-4-8-20-16/h1-8,13,23H,9-12H2/p+1. The van der Waals surface area contributed by atoms with Crippen molar-refractivity contribution >= 4 is 33.6 Å². The molecule has 1 aliphatic rings. The van der Waals surface area contributed by atoms with E-state index < -0.39 is 0 Å². The molecule has 25 heavy (non-hydrogen) atoms. The second-order valence-corrected chi connectivity index (χ2v) is 6.31. The Bertz CT molecular complexity index is 1020. The fourth-order valence-electron chi connectivity index (χ4n) is 3.61. The molecule has 1 aromatic carbocycles. The van der Waals surface area contributed by atoms with Crippen LogP contribution in [-0.2, 0) is 0 Å². The van der Waals surface area contributed by atoms with Crippen LogP contribution in [0.4, 0.5) is 11.6 Å². The van der Waals surface area contributed by atoms with E-state index in [0.717, 1.165) is 53.9 Å². The summed E-state index contributed by atoms with van der Waals surface area (Å²) < 4.78 is 0. The SMILES string of the molecule is c1ccc(N2CCN(c3ncnc4c3[nH]c3ccccc34)CC2)[nH+]c1. The Morgan fingerprint density at radius 2 is 1.68 bits per heavy atom. The van der Waals surface area contributed by atoms with E-state index in [-0.39, 0.29) is 0 Å². The number of H-pyrrole nitrogens is 2. The smallest absolute Gasteiger partial charge is 0.274 e. The lowest BCUT2D eigenvalue weighted by atomic mass is 10.2. The van der Waals surface area contributed by atoms with E-state index in [1.54, 1.807) is 6.33 Å². The Morgan fingerprint density at radius 3 is 2.52 bits per heavy atom. The largest absolute Gasteiger partial charge is 0.350 e. The van der Waals surface area contributed by atoms with Crippen molar-refractivity contribution in [3.8, 4) is 0 Å². The van der Waals surface area contributed by atoms with Gasteiger partial charge in [-0.1, -0.05) is 24.3 Å². The zero-order valence-electron chi connectivity index (χ0n) is 13.8. The molecule has 5 rings (SSSR count). The molecule has 1 fully saturated rings. The van der Waals surface area contributed by atoms with Crippen molar-refractivity contribution in [1.82, 2.24) is 15.0 Å². The molecule has 4 aromatic rings. The van der Waals surface area contributed by atoms with Gasteiger partial charge in [0.05, 0.1) is 19.3 Å². The maximum Gasteiger partial charge on any atom is 0.274 e. The maximum atomic E-state index is 4.58. The molecule has 3 aromatic heterocycles. The van der Waals surface area contributed by atoms with Gasteiger partial charge in [0.1, 0.15) is 30.5 Å². The number of aromatic amines is 2. The monoisotopic (exact) mass is 331 g/mol. The van der Waals surface area contributed by atoms with Crippen molar-refractivity contribution in [1.29, 1.82) is 0 Å². The van der Waals surface area contributed by atoms with Crippen LogP contribution < -0.4 is 14.8 Å². The summed E-state index contributed by atoms with van der Waals surface area (Å²) in [7, 11) is 0. The highest BCUT2D eigenvalue weighted by Crippen LogP contribution is 2.29. The Hall–Kier alpha value is -3.15. The second kappa shape index (κ2) is 5.73. The van der Waals surface area contributed by atoms with Crippen LogP contribution in [0.25, 0.3) is 21.9 Å². The summed E-state index contributed by atoms with van der Waals surface area (Å²) >= 11 is 0. The van der Waals surface area contributed by atoms with E-state index in [0.29, 0.717) is 0 Å². The number of nitrogens with one attached hydrogen (secondary N) is 2. The normalized spacial score (nSPS) is 15.2. The van der Waals surface area contributed by atoms with Gasteiger partial charge in [-0.25, -0.2) is 15.0 Å². The number of hydrogen-bond acceptors (Lipinski definition) is 4. The molecule has 6 heteroatoms. The van der Waals surface area contributed by atoms with Gasteiger partial charge in [0.15, 0.2) is 5.82 Å². The first-order chi connectivity index (χ1) is 12.4. The van der Waals surface area contributed by atoms with Gasteiger partial charge >= 0.3 is 0 Å². The van der Waals surface area contributed by atoms with E-state index in [1.165, 1.54) is 5.82 Å². The molecule has 0 aliphatic carbocycles. The van der Waals surface area contributed by atoms with Crippen LogP contribution >= 0.6 is 0 Å². The van der Waals surface area contributed by atoms with Crippen molar-refractivity contribution < 1.29 is 4.98 Å². The predicted octanol–water partition coefficient (Wildman–Crippen LogP) is 2.25. The molecule has 0 radical (unpaired) electrons. The lowest BCUT2D eigenvalue weighted by Gasteiger charge is -2.31. The minimum atomic E-state index is 0.935. The summed E-state index contributed by atoms with van der Waals surface area (Å²) in [5.74, 6) is 2.17. The predicted molar refractivity (Wildman–Crippen MR) is 98.8 cm³/mol. The number of pyridine rings is 1. The van der Waals surface area contributed by atoms with Crippen LogP contribution in [0.15, 0.2) is 55.0 Å². The first kappa shape index (κ1) is 14.2. The van der Waals surface area contributed by atoms with Crippen LogP contribution in [0.5, 0.6) is 0 Å². The number of fused-ring (bicyclic) bond motifs is 3. The lowest BCUT2D eigenvalue weighted by molar-refractivity contribution is -0.364. The third-order valence-corrected chi connectivity index (χ3v) is 4.88. The summed E-state index contributed by atoms with van der Waals surface area (Å²) in [6.45, 7) is 3.80. The fourth-order valence-corrected chi connectivity index (χ4v) is 3.61. The van der Waals surface area contributed by atoms with Gasteiger partial charge in [-0.2, -0.15) is 0 Å². The molecule has 1 aliphatic heterocycles. The average molecular weight is 331 g/mol. The average Bonchev–Trinajstić information content (AvgIpc) is 3.08. The third-order valence-electron chi connectivity index (χ3n) is 4.88.